The van der Waals surface area contributed by atoms with E-state index in [9.17, 15) is 0 Å². The van der Waals surface area contributed by atoms with E-state index in [-0.39, 0.29) is 6.61 Å². The molecule has 0 aromatic rings. The Morgan fingerprint density at radius 1 is 1.20 bits per heavy atom. The topological polar surface area (TPSA) is 29.5 Å². The molecular formula is C12H26O2Si. The number of rotatable bonds is 6. The van der Waals surface area contributed by atoms with Crippen LogP contribution in [0.5, 0.6) is 0 Å². The molecule has 0 rings (SSSR count). The maximum atomic E-state index is 8.55. The molecule has 0 bridgehead atoms. The normalized spacial score (nSPS) is 13.7. The van der Waals surface area contributed by atoms with Crippen LogP contribution < -0.4 is 0 Å². The van der Waals surface area contributed by atoms with Gasteiger partial charge >= 0.3 is 0 Å². The van der Waals surface area contributed by atoms with Gasteiger partial charge in [-0.1, -0.05) is 32.9 Å². The second kappa shape index (κ2) is 6.46. The fourth-order valence-corrected chi connectivity index (χ4v) is 2.03. The van der Waals surface area contributed by atoms with Gasteiger partial charge in [0, 0.05) is 6.61 Å². The lowest BCUT2D eigenvalue weighted by molar-refractivity contribution is 0.283. The van der Waals surface area contributed by atoms with Gasteiger partial charge in [-0.2, -0.15) is 0 Å². The highest BCUT2D eigenvalue weighted by Crippen LogP contribution is 2.36. The minimum Gasteiger partial charge on any atom is -0.417 e. The van der Waals surface area contributed by atoms with Gasteiger partial charge in [0.1, 0.15) is 0 Å². The van der Waals surface area contributed by atoms with E-state index < -0.39 is 8.32 Å². The van der Waals surface area contributed by atoms with Crippen molar-refractivity contribution in [1.29, 1.82) is 0 Å². The van der Waals surface area contributed by atoms with Crippen LogP contribution in [-0.4, -0.2) is 26.6 Å². The predicted molar refractivity (Wildman–Crippen MR) is 68.6 cm³/mol. The summed E-state index contributed by atoms with van der Waals surface area (Å²) in [7, 11) is -1.55. The van der Waals surface area contributed by atoms with Gasteiger partial charge in [0.15, 0.2) is 8.32 Å². The summed E-state index contributed by atoms with van der Waals surface area (Å²) in [6, 6.07) is 0. The molecule has 0 aliphatic rings. The second-order valence-electron chi connectivity index (χ2n) is 5.40. The maximum absolute atomic E-state index is 8.55. The second-order valence-corrected chi connectivity index (χ2v) is 10.2. The van der Waals surface area contributed by atoms with Crippen LogP contribution in [0.3, 0.4) is 0 Å². The fraction of sp³-hybridized carbons (Fsp3) is 0.833. The summed E-state index contributed by atoms with van der Waals surface area (Å²) in [6.07, 6.45) is 5.83. The molecule has 0 fully saturated rings. The van der Waals surface area contributed by atoms with Gasteiger partial charge in [0.05, 0.1) is 6.61 Å². The monoisotopic (exact) mass is 230 g/mol. The van der Waals surface area contributed by atoms with E-state index in [0.717, 1.165) is 19.4 Å². The van der Waals surface area contributed by atoms with Crippen molar-refractivity contribution in [1.82, 2.24) is 0 Å². The third-order valence-electron chi connectivity index (χ3n) is 3.06. The molecule has 90 valence electrons. The third kappa shape index (κ3) is 6.13. The third-order valence-corrected chi connectivity index (χ3v) is 7.59. The smallest absolute Gasteiger partial charge is 0.191 e. The van der Waals surface area contributed by atoms with E-state index in [2.05, 4.69) is 33.9 Å². The molecule has 0 spiro atoms. The summed E-state index contributed by atoms with van der Waals surface area (Å²) in [5.74, 6) is 0. The highest BCUT2D eigenvalue weighted by molar-refractivity contribution is 6.74. The number of allylic oxidation sites excluding steroid dienone is 1. The first kappa shape index (κ1) is 14.9. The van der Waals surface area contributed by atoms with Crippen LogP contribution in [0.2, 0.25) is 18.1 Å². The Morgan fingerprint density at radius 2 is 1.80 bits per heavy atom. The molecule has 0 heterocycles. The molecule has 0 atom stereocenters. The highest BCUT2D eigenvalue weighted by atomic mass is 28.4. The van der Waals surface area contributed by atoms with Crippen LogP contribution in [0.4, 0.5) is 0 Å². The molecule has 0 aliphatic heterocycles. The number of unbranched alkanes of at least 4 members (excludes halogenated alkanes) is 1. The lowest BCUT2D eigenvalue weighted by atomic mass is 10.2. The van der Waals surface area contributed by atoms with Gasteiger partial charge in [-0.05, 0) is 31.0 Å². The van der Waals surface area contributed by atoms with Crippen molar-refractivity contribution in [2.24, 2.45) is 0 Å². The summed E-state index contributed by atoms with van der Waals surface area (Å²) >= 11 is 0. The molecule has 2 nitrogen and oxygen atoms in total. The van der Waals surface area contributed by atoms with Gasteiger partial charge in [-0.15, -0.1) is 0 Å². The van der Waals surface area contributed by atoms with Gasteiger partial charge in [0.2, 0.25) is 0 Å². The maximum Gasteiger partial charge on any atom is 0.191 e. The number of aliphatic hydroxyl groups excluding tert-OH is 1. The average Bonchev–Trinajstić information content (AvgIpc) is 2.09. The van der Waals surface area contributed by atoms with Crippen LogP contribution in [0.15, 0.2) is 12.2 Å². The first-order valence-corrected chi connectivity index (χ1v) is 8.62. The summed E-state index contributed by atoms with van der Waals surface area (Å²) in [5.41, 5.74) is 0. The Balaban J connectivity index is 3.72. The first-order chi connectivity index (χ1) is 6.81. The molecule has 1 N–H and O–H groups in total. The minimum absolute atomic E-state index is 0.142. The van der Waals surface area contributed by atoms with E-state index in [4.69, 9.17) is 9.53 Å². The molecule has 3 heteroatoms. The molecule has 0 unspecified atom stereocenters. The van der Waals surface area contributed by atoms with Gasteiger partial charge in [-0.3, -0.25) is 0 Å². The zero-order valence-electron chi connectivity index (χ0n) is 10.8. The van der Waals surface area contributed by atoms with Crippen molar-refractivity contribution in [3.63, 3.8) is 0 Å². The largest absolute Gasteiger partial charge is 0.417 e. The van der Waals surface area contributed by atoms with Crippen LogP contribution in [0.1, 0.15) is 33.6 Å². The number of hydrogen-bond acceptors (Lipinski definition) is 2. The molecule has 0 saturated heterocycles. The van der Waals surface area contributed by atoms with Crippen LogP contribution in [0, 0.1) is 0 Å². The molecule has 0 aliphatic carbocycles. The van der Waals surface area contributed by atoms with E-state index in [1.165, 1.54) is 0 Å². The van der Waals surface area contributed by atoms with Crippen molar-refractivity contribution in [3.8, 4) is 0 Å². The van der Waals surface area contributed by atoms with Crippen molar-refractivity contribution in [3.05, 3.63) is 12.2 Å². The van der Waals surface area contributed by atoms with Gasteiger partial charge < -0.3 is 9.53 Å². The fourth-order valence-electron chi connectivity index (χ4n) is 0.937. The molecular weight excluding hydrogens is 204 g/mol. The molecule has 0 radical (unpaired) electrons. The van der Waals surface area contributed by atoms with E-state index >= 15 is 0 Å². The summed E-state index contributed by atoms with van der Waals surface area (Å²) in [5, 5.41) is 8.85. The number of hydrogen-bond donors (Lipinski definition) is 1. The Bertz CT molecular complexity index is 192. The number of aliphatic hydroxyl groups is 1. The Kier molecular flexibility index (Phi) is 6.40. The zero-order chi connectivity index (χ0) is 11.9. The lowest BCUT2D eigenvalue weighted by Gasteiger charge is -2.36. The predicted octanol–water partition coefficient (Wildman–Crippen LogP) is 3.34. The van der Waals surface area contributed by atoms with Crippen molar-refractivity contribution >= 4 is 8.32 Å². The first-order valence-electron chi connectivity index (χ1n) is 5.71. The van der Waals surface area contributed by atoms with Crippen molar-refractivity contribution in [2.45, 2.75) is 51.7 Å². The Labute approximate surface area is 95.5 Å². The van der Waals surface area contributed by atoms with Crippen molar-refractivity contribution < 1.29 is 9.53 Å². The summed E-state index contributed by atoms with van der Waals surface area (Å²) in [4.78, 5) is 0. The average molecular weight is 230 g/mol. The van der Waals surface area contributed by atoms with Crippen LogP contribution in [0.25, 0.3) is 0 Å². The Morgan fingerprint density at radius 3 is 2.27 bits per heavy atom. The molecule has 0 saturated carbocycles. The Hall–Kier alpha value is -0.123. The molecule has 0 aromatic carbocycles. The van der Waals surface area contributed by atoms with Gasteiger partial charge in [0.25, 0.3) is 0 Å². The van der Waals surface area contributed by atoms with E-state index in [0.29, 0.717) is 5.04 Å². The lowest BCUT2D eigenvalue weighted by Crippen LogP contribution is -2.40. The highest BCUT2D eigenvalue weighted by Gasteiger charge is 2.36. The van der Waals surface area contributed by atoms with Crippen LogP contribution in [-0.2, 0) is 4.43 Å². The zero-order valence-corrected chi connectivity index (χ0v) is 11.8. The quantitative estimate of drug-likeness (QED) is 0.431. The molecule has 15 heavy (non-hydrogen) atoms. The van der Waals surface area contributed by atoms with Crippen LogP contribution >= 0.6 is 0 Å². The standard InChI is InChI=1S/C12H26O2Si/c1-12(2,3)15(4,5)14-11-9-7-6-8-10-13/h6,8,13H,7,9-11H2,1-5H3/b8-6-. The SMILES string of the molecule is CC(C)(C)[Si](C)(C)OCCC/C=C\CO. The summed E-state index contributed by atoms with van der Waals surface area (Å²) in [6.45, 7) is 12.3. The van der Waals surface area contributed by atoms with Gasteiger partial charge in [-0.25, -0.2) is 0 Å². The van der Waals surface area contributed by atoms with E-state index in [1.54, 1.807) is 6.08 Å². The van der Waals surface area contributed by atoms with E-state index in [1.807, 2.05) is 6.08 Å². The van der Waals surface area contributed by atoms with Crippen molar-refractivity contribution in [2.75, 3.05) is 13.2 Å². The summed E-state index contributed by atoms with van der Waals surface area (Å²) < 4.78 is 6.02. The molecule has 0 amide bonds. The molecule has 0 aromatic heterocycles. The minimum atomic E-state index is -1.55.